The molecule has 1 aliphatic heterocycles. The molecule has 2 N–H and O–H groups in total. The predicted octanol–water partition coefficient (Wildman–Crippen LogP) is 3.38. The molecule has 1 saturated carbocycles. The van der Waals surface area contributed by atoms with Crippen LogP contribution in [0.3, 0.4) is 0 Å². The fraction of sp³-hybridized carbons (Fsp3) is 0.333. The largest absolute Gasteiger partial charge is 0.325 e. The Balaban J connectivity index is 1.41. The number of anilines is 1. The minimum Gasteiger partial charge on any atom is -0.323 e. The van der Waals surface area contributed by atoms with Crippen LogP contribution in [0.15, 0.2) is 34.1 Å². The van der Waals surface area contributed by atoms with Crippen molar-refractivity contribution in [2.24, 2.45) is 0 Å². The lowest BCUT2D eigenvalue weighted by molar-refractivity contribution is -0.133. The van der Waals surface area contributed by atoms with E-state index in [0.29, 0.717) is 18.0 Å². The first kappa shape index (κ1) is 18.1. The zero-order valence-electron chi connectivity index (χ0n) is 14.3. The fourth-order valence-corrected chi connectivity index (χ4v) is 4.52. The van der Waals surface area contributed by atoms with Crippen molar-refractivity contribution in [2.45, 2.75) is 31.2 Å². The summed E-state index contributed by atoms with van der Waals surface area (Å²) in [5.74, 6) is -0.736. The molecule has 27 heavy (non-hydrogen) atoms. The lowest BCUT2D eigenvalue weighted by Crippen LogP contribution is -2.44. The Labute approximate surface area is 168 Å². The van der Waals surface area contributed by atoms with Crippen LogP contribution in [0, 0.1) is 0 Å². The highest BCUT2D eigenvalue weighted by Gasteiger charge is 2.52. The molecule has 2 aliphatic rings. The molecule has 0 bridgehead atoms. The maximum Gasteiger partial charge on any atom is 0.325 e. The Hall–Kier alpha value is -2.26. The van der Waals surface area contributed by atoms with Crippen molar-refractivity contribution in [1.29, 1.82) is 0 Å². The number of benzene rings is 1. The minimum absolute atomic E-state index is 0.296. The first-order chi connectivity index (χ1) is 13.0. The molecule has 2 aromatic rings. The van der Waals surface area contributed by atoms with Crippen LogP contribution in [0.25, 0.3) is 11.3 Å². The van der Waals surface area contributed by atoms with Gasteiger partial charge in [-0.1, -0.05) is 40.9 Å². The van der Waals surface area contributed by atoms with Gasteiger partial charge in [-0.2, -0.15) is 0 Å². The summed E-state index contributed by atoms with van der Waals surface area (Å²) in [5, 5.41) is 7.72. The topological polar surface area (TPSA) is 91.4 Å². The maximum absolute atomic E-state index is 12.6. The zero-order chi connectivity index (χ0) is 19.0. The van der Waals surface area contributed by atoms with Crippen molar-refractivity contribution in [1.82, 2.24) is 15.2 Å². The molecule has 1 aromatic heterocycles. The van der Waals surface area contributed by atoms with Gasteiger partial charge < -0.3 is 10.6 Å². The number of rotatable bonds is 4. The summed E-state index contributed by atoms with van der Waals surface area (Å²) in [6.07, 6.45) is 3.09. The molecule has 4 amide bonds. The third kappa shape index (κ3) is 3.49. The van der Waals surface area contributed by atoms with Crippen LogP contribution in [-0.2, 0) is 9.59 Å². The molecule has 2 fully saturated rings. The number of nitrogens with zero attached hydrogens (tertiary/aromatic N) is 2. The van der Waals surface area contributed by atoms with Gasteiger partial charge in [-0.05, 0) is 25.0 Å². The number of hydrogen-bond donors (Lipinski definition) is 2. The van der Waals surface area contributed by atoms with Gasteiger partial charge in [-0.3, -0.25) is 14.5 Å². The van der Waals surface area contributed by atoms with E-state index in [4.69, 9.17) is 0 Å². The second-order valence-electron chi connectivity index (χ2n) is 6.70. The van der Waals surface area contributed by atoms with Crippen LogP contribution in [0.4, 0.5) is 9.93 Å². The monoisotopic (exact) mass is 448 g/mol. The Morgan fingerprint density at radius 2 is 1.96 bits per heavy atom. The summed E-state index contributed by atoms with van der Waals surface area (Å²) in [6, 6.07) is 7.21. The maximum atomic E-state index is 12.6. The van der Waals surface area contributed by atoms with Crippen LogP contribution >= 0.6 is 27.3 Å². The van der Waals surface area contributed by atoms with E-state index in [1.165, 1.54) is 11.3 Å². The van der Waals surface area contributed by atoms with Crippen LogP contribution in [0.5, 0.6) is 0 Å². The first-order valence-electron chi connectivity index (χ1n) is 8.62. The molecule has 9 heteroatoms. The predicted molar refractivity (Wildman–Crippen MR) is 105 cm³/mol. The molecule has 1 aromatic carbocycles. The van der Waals surface area contributed by atoms with Crippen molar-refractivity contribution in [3.8, 4) is 11.3 Å². The van der Waals surface area contributed by atoms with E-state index in [1.807, 2.05) is 29.6 Å². The van der Waals surface area contributed by atoms with E-state index >= 15 is 0 Å². The third-order valence-corrected chi connectivity index (χ3v) is 6.18. The molecule has 0 atom stereocenters. The lowest BCUT2D eigenvalue weighted by Gasteiger charge is -2.19. The van der Waals surface area contributed by atoms with Crippen LogP contribution in [0.2, 0.25) is 0 Å². The van der Waals surface area contributed by atoms with E-state index in [1.54, 1.807) is 0 Å². The molecule has 0 radical (unpaired) electrons. The molecular weight excluding hydrogens is 432 g/mol. The highest BCUT2D eigenvalue weighted by Crippen LogP contribution is 2.35. The van der Waals surface area contributed by atoms with Gasteiger partial charge in [-0.15, -0.1) is 11.3 Å². The van der Waals surface area contributed by atoms with E-state index in [0.717, 1.165) is 33.5 Å². The number of nitrogens with one attached hydrogen (secondary N) is 2. The number of thiazole rings is 1. The van der Waals surface area contributed by atoms with Gasteiger partial charge in [0, 0.05) is 15.4 Å². The van der Waals surface area contributed by atoms with Crippen molar-refractivity contribution >= 4 is 50.2 Å². The number of urea groups is 1. The van der Waals surface area contributed by atoms with Gasteiger partial charge in [-0.25, -0.2) is 9.78 Å². The number of carbonyl (C=O) groups is 3. The standard InChI is InChI=1S/C18H17BrN4O3S/c19-12-5-3-11(4-6-12)13-10-27-16(20-13)21-14(24)9-23-15(25)18(22-17(23)26)7-1-2-8-18/h3-6,10H,1-2,7-9H2,(H,22,26)(H,20,21,24). The zero-order valence-corrected chi connectivity index (χ0v) is 16.7. The fourth-order valence-electron chi connectivity index (χ4n) is 3.52. The van der Waals surface area contributed by atoms with E-state index in [-0.39, 0.29) is 12.5 Å². The minimum atomic E-state index is -0.798. The molecule has 1 spiro atoms. The van der Waals surface area contributed by atoms with Crippen molar-refractivity contribution < 1.29 is 14.4 Å². The van der Waals surface area contributed by atoms with E-state index in [9.17, 15) is 14.4 Å². The normalized spacial score (nSPS) is 18.2. The number of amides is 4. The summed E-state index contributed by atoms with van der Waals surface area (Å²) in [7, 11) is 0. The number of carbonyl (C=O) groups excluding carboxylic acids is 3. The van der Waals surface area contributed by atoms with Crippen LogP contribution < -0.4 is 10.6 Å². The van der Waals surface area contributed by atoms with Gasteiger partial charge in [0.15, 0.2) is 5.13 Å². The molecule has 2 heterocycles. The molecule has 0 unspecified atom stereocenters. The Morgan fingerprint density at radius 3 is 2.67 bits per heavy atom. The molecule has 7 nitrogen and oxygen atoms in total. The average molecular weight is 449 g/mol. The van der Waals surface area contributed by atoms with Gasteiger partial charge in [0.2, 0.25) is 5.91 Å². The van der Waals surface area contributed by atoms with Gasteiger partial charge >= 0.3 is 6.03 Å². The second kappa shape index (κ2) is 7.05. The van der Waals surface area contributed by atoms with Gasteiger partial charge in [0.05, 0.1) is 5.69 Å². The SMILES string of the molecule is O=C(CN1C(=O)NC2(CCCC2)C1=O)Nc1nc(-c2ccc(Br)cc2)cs1. The first-order valence-corrected chi connectivity index (χ1v) is 10.3. The highest BCUT2D eigenvalue weighted by molar-refractivity contribution is 9.10. The summed E-state index contributed by atoms with van der Waals surface area (Å²) in [4.78, 5) is 42.5. The molecule has 140 valence electrons. The average Bonchev–Trinajstić information content (AvgIpc) is 3.34. The summed E-state index contributed by atoms with van der Waals surface area (Å²) < 4.78 is 0.976. The van der Waals surface area contributed by atoms with E-state index < -0.39 is 17.5 Å². The molecule has 4 rings (SSSR count). The van der Waals surface area contributed by atoms with Crippen LogP contribution in [-0.4, -0.2) is 39.8 Å². The summed E-state index contributed by atoms with van der Waals surface area (Å²) >= 11 is 4.69. The van der Waals surface area contributed by atoms with E-state index in [2.05, 4.69) is 31.5 Å². The molecule has 1 aliphatic carbocycles. The molecule has 1 saturated heterocycles. The van der Waals surface area contributed by atoms with Crippen molar-refractivity contribution in [3.63, 3.8) is 0 Å². The van der Waals surface area contributed by atoms with Gasteiger partial charge in [0.25, 0.3) is 5.91 Å². The van der Waals surface area contributed by atoms with Crippen LogP contribution in [0.1, 0.15) is 25.7 Å². The second-order valence-corrected chi connectivity index (χ2v) is 8.48. The van der Waals surface area contributed by atoms with Crippen molar-refractivity contribution in [3.05, 3.63) is 34.1 Å². The Kier molecular flexibility index (Phi) is 4.73. The smallest absolute Gasteiger partial charge is 0.323 e. The number of imide groups is 1. The van der Waals surface area contributed by atoms with Gasteiger partial charge in [0.1, 0.15) is 12.1 Å². The summed E-state index contributed by atoms with van der Waals surface area (Å²) in [5.41, 5.74) is 0.891. The molecular formula is C18H17BrN4O3S. The quantitative estimate of drug-likeness (QED) is 0.701. The number of aromatic nitrogens is 1. The number of hydrogen-bond acceptors (Lipinski definition) is 5. The lowest BCUT2D eigenvalue weighted by atomic mass is 9.98. The highest BCUT2D eigenvalue weighted by atomic mass is 79.9. The Morgan fingerprint density at radius 1 is 1.26 bits per heavy atom. The number of halogens is 1. The Bertz CT molecular complexity index is 906. The van der Waals surface area contributed by atoms with Crippen molar-refractivity contribution in [2.75, 3.05) is 11.9 Å². The summed E-state index contributed by atoms with van der Waals surface area (Å²) in [6.45, 7) is -0.306. The third-order valence-electron chi connectivity index (χ3n) is 4.90.